The van der Waals surface area contributed by atoms with Gasteiger partial charge in [0.15, 0.2) is 0 Å². The van der Waals surface area contributed by atoms with E-state index in [0.29, 0.717) is 6.54 Å². The molecule has 1 aliphatic heterocycles. The summed E-state index contributed by atoms with van der Waals surface area (Å²) in [4.78, 5) is 16.4. The van der Waals surface area contributed by atoms with Crippen LogP contribution in [0.3, 0.4) is 0 Å². The maximum Gasteiger partial charge on any atom is 0.320 e. The van der Waals surface area contributed by atoms with Gasteiger partial charge < -0.3 is 10.1 Å². The van der Waals surface area contributed by atoms with Gasteiger partial charge in [-0.05, 0) is 43.5 Å². The average molecular weight is 336 g/mol. The van der Waals surface area contributed by atoms with Gasteiger partial charge in [-0.1, -0.05) is 42.5 Å². The van der Waals surface area contributed by atoms with Crippen LogP contribution in [0.2, 0.25) is 0 Å². The summed E-state index contributed by atoms with van der Waals surface area (Å²) >= 11 is 0. The first kappa shape index (κ1) is 17.4. The predicted molar refractivity (Wildman–Crippen MR) is 100 cm³/mol. The van der Waals surface area contributed by atoms with E-state index < -0.39 is 5.60 Å². The normalized spacial score (nSPS) is 13.3. The highest BCUT2D eigenvalue weighted by molar-refractivity contribution is 6.06. The topological polar surface area (TPSA) is 50.7 Å². The Balaban J connectivity index is 1.53. The van der Waals surface area contributed by atoms with Crippen LogP contribution in [0.15, 0.2) is 53.5 Å². The molecule has 25 heavy (non-hydrogen) atoms. The molecule has 1 heterocycles. The molecule has 0 aromatic heterocycles. The third-order valence-electron chi connectivity index (χ3n) is 3.91. The second kappa shape index (κ2) is 7.19. The van der Waals surface area contributed by atoms with Crippen LogP contribution in [-0.4, -0.2) is 23.8 Å². The summed E-state index contributed by atoms with van der Waals surface area (Å²) in [5, 5.41) is 3.12. The number of hydrogen-bond donors (Lipinski definition) is 1. The molecule has 0 saturated carbocycles. The van der Waals surface area contributed by atoms with E-state index in [0.717, 1.165) is 28.9 Å². The number of para-hydroxylation sites is 1. The molecule has 0 aliphatic carbocycles. The smallest absolute Gasteiger partial charge is 0.320 e. The average Bonchev–Trinajstić information content (AvgIpc) is 2.98. The fourth-order valence-electron chi connectivity index (χ4n) is 2.80. The van der Waals surface area contributed by atoms with Crippen LogP contribution < -0.4 is 5.32 Å². The number of carbonyl (C=O) groups is 1. The molecule has 130 valence electrons. The highest BCUT2D eigenvalue weighted by atomic mass is 16.6. The second-order valence-corrected chi connectivity index (χ2v) is 7.25. The van der Waals surface area contributed by atoms with E-state index in [-0.39, 0.29) is 12.5 Å². The molecule has 0 unspecified atom stereocenters. The maximum atomic E-state index is 11.7. The Hall–Kier alpha value is -2.46. The van der Waals surface area contributed by atoms with Crippen LogP contribution in [0.25, 0.3) is 0 Å². The van der Waals surface area contributed by atoms with Crippen molar-refractivity contribution >= 4 is 17.4 Å². The van der Waals surface area contributed by atoms with E-state index in [1.807, 2.05) is 26.8 Å². The van der Waals surface area contributed by atoms with Crippen molar-refractivity contribution in [1.29, 1.82) is 0 Å². The highest BCUT2D eigenvalue weighted by Crippen LogP contribution is 2.28. The number of fused-ring (bicyclic) bond motifs is 1. The van der Waals surface area contributed by atoms with Crippen LogP contribution in [0.4, 0.5) is 5.69 Å². The molecule has 0 fully saturated rings. The van der Waals surface area contributed by atoms with Crippen LogP contribution >= 0.6 is 0 Å². The third kappa shape index (κ3) is 4.77. The van der Waals surface area contributed by atoms with Crippen molar-refractivity contribution in [2.75, 3.05) is 6.54 Å². The van der Waals surface area contributed by atoms with E-state index in [1.54, 1.807) is 0 Å². The summed E-state index contributed by atoms with van der Waals surface area (Å²) in [5.41, 5.74) is 5.28. The number of nitrogens with one attached hydrogen (secondary N) is 1. The summed E-state index contributed by atoms with van der Waals surface area (Å²) in [6.45, 7) is 6.45. The van der Waals surface area contributed by atoms with Crippen molar-refractivity contribution in [3.8, 4) is 0 Å². The molecule has 0 radical (unpaired) electrons. The van der Waals surface area contributed by atoms with Crippen molar-refractivity contribution in [3.63, 3.8) is 0 Å². The minimum atomic E-state index is -0.444. The molecular formula is C21H24N2O2. The Morgan fingerprint density at radius 3 is 2.52 bits per heavy atom. The number of rotatable bonds is 5. The first-order chi connectivity index (χ1) is 11.9. The third-order valence-corrected chi connectivity index (χ3v) is 3.91. The molecule has 1 N–H and O–H groups in total. The van der Waals surface area contributed by atoms with Gasteiger partial charge >= 0.3 is 5.97 Å². The van der Waals surface area contributed by atoms with Crippen molar-refractivity contribution in [1.82, 2.24) is 5.32 Å². The molecule has 0 bridgehead atoms. The molecule has 0 spiro atoms. The Bertz CT molecular complexity index is 786. The zero-order chi connectivity index (χ0) is 17.9. The molecule has 0 amide bonds. The Morgan fingerprint density at radius 1 is 1.12 bits per heavy atom. The number of esters is 1. The largest absolute Gasteiger partial charge is 0.459 e. The first-order valence-corrected chi connectivity index (χ1v) is 8.58. The van der Waals surface area contributed by atoms with Crippen LogP contribution in [0.1, 0.15) is 37.5 Å². The van der Waals surface area contributed by atoms with E-state index in [4.69, 9.17) is 9.73 Å². The molecule has 4 heteroatoms. The van der Waals surface area contributed by atoms with Crippen molar-refractivity contribution in [2.24, 2.45) is 4.99 Å². The predicted octanol–water partition coefficient (Wildman–Crippen LogP) is 3.79. The van der Waals surface area contributed by atoms with Crippen molar-refractivity contribution in [3.05, 3.63) is 65.2 Å². The zero-order valence-electron chi connectivity index (χ0n) is 15.0. The van der Waals surface area contributed by atoms with Crippen LogP contribution in [-0.2, 0) is 22.5 Å². The summed E-state index contributed by atoms with van der Waals surface area (Å²) in [7, 11) is 0. The lowest BCUT2D eigenvalue weighted by Gasteiger charge is -2.19. The number of carbonyl (C=O) groups excluding carboxylic acids is 1. The standard InChI is InChI=1S/C21H24N2O2/c1-21(2,3)25-20(24)14-22-13-15-8-10-16(11-9-15)19-12-17-6-4-5-7-18(17)23-19/h4-11,22H,12-14H2,1-3H3. The molecule has 1 aliphatic rings. The lowest BCUT2D eigenvalue weighted by Crippen LogP contribution is -2.31. The van der Waals surface area contributed by atoms with Gasteiger partial charge in [-0.3, -0.25) is 9.79 Å². The number of hydrogen-bond acceptors (Lipinski definition) is 4. The van der Waals surface area contributed by atoms with E-state index in [1.165, 1.54) is 5.56 Å². The van der Waals surface area contributed by atoms with Gasteiger partial charge in [0.25, 0.3) is 0 Å². The van der Waals surface area contributed by atoms with Crippen molar-refractivity contribution < 1.29 is 9.53 Å². The summed E-state index contributed by atoms with van der Waals surface area (Å²) in [5.74, 6) is -0.234. The summed E-state index contributed by atoms with van der Waals surface area (Å²) in [6.07, 6.45) is 0.881. The zero-order valence-corrected chi connectivity index (χ0v) is 15.0. The fraction of sp³-hybridized carbons (Fsp3) is 0.333. The quantitative estimate of drug-likeness (QED) is 0.845. The van der Waals surface area contributed by atoms with Gasteiger partial charge in [-0.15, -0.1) is 0 Å². The van der Waals surface area contributed by atoms with Crippen molar-refractivity contribution in [2.45, 2.75) is 39.3 Å². The number of nitrogens with zero attached hydrogens (tertiary/aromatic N) is 1. The molecule has 0 saturated heterocycles. The Labute approximate surface area is 148 Å². The number of benzene rings is 2. The minimum absolute atomic E-state index is 0.209. The van der Waals surface area contributed by atoms with Gasteiger partial charge in [0.05, 0.1) is 17.9 Å². The molecule has 3 rings (SSSR count). The summed E-state index contributed by atoms with van der Waals surface area (Å²) in [6, 6.07) is 16.6. The van der Waals surface area contributed by atoms with Gasteiger partial charge in [-0.25, -0.2) is 0 Å². The number of ether oxygens (including phenoxy) is 1. The molecule has 2 aromatic carbocycles. The first-order valence-electron chi connectivity index (χ1n) is 8.58. The Kier molecular flexibility index (Phi) is 5.00. The van der Waals surface area contributed by atoms with Crippen LogP contribution in [0, 0.1) is 0 Å². The maximum absolute atomic E-state index is 11.7. The van der Waals surface area contributed by atoms with E-state index >= 15 is 0 Å². The fourth-order valence-corrected chi connectivity index (χ4v) is 2.80. The monoisotopic (exact) mass is 336 g/mol. The summed E-state index contributed by atoms with van der Waals surface area (Å²) < 4.78 is 5.28. The lowest BCUT2D eigenvalue weighted by molar-refractivity contribution is -0.153. The Morgan fingerprint density at radius 2 is 1.84 bits per heavy atom. The van der Waals surface area contributed by atoms with Gasteiger partial charge in [-0.2, -0.15) is 0 Å². The van der Waals surface area contributed by atoms with Gasteiger partial charge in [0, 0.05) is 13.0 Å². The lowest BCUT2D eigenvalue weighted by atomic mass is 10.0. The minimum Gasteiger partial charge on any atom is -0.459 e. The van der Waals surface area contributed by atoms with E-state index in [2.05, 4.69) is 47.8 Å². The molecular weight excluding hydrogens is 312 g/mol. The second-order valence-electron chi connectivity index (χ2n) is 7.25. The molecule has 0 atom stereocenters. The number of aliphatic imine (C=N–C) groups is 1. The van der Waals surface area contributed by atoms with E-state index in [9.17, 15) is 4.79 Å². The highest BCUT2D eigenvalue weighted by Gasteiger charge is 2.16. The SMILES string of the molecule is CC(C)(C)OC(=O)CNCc1ccc(C2=Nc3ccccc3C2)cc1. The van der Waals surface area contributed by atoms with Crippen LogP contribution in [0.5, 0.6) is 0 Å². The molecule has 4 nitrogen and oxygen atoms in total. The van der Waals surface area contributed by atoms with Gasteiger partial charge in [0.1, 0.15) is 5.60 Å². The van der Waals surface area contributed by atoms with Gasteiger partial charge in [0.2, 0.25) is 0 Å². The molecule has 2 aromatic rings.